The number of aryl methyl sites for hydroxylation is 2. The van der Waals surface area contributed by atoms with E-state index in [1.807, 2.05) is 30.0 Å². The molecule has 1 fully saturated rings. The van der Waals surface area contributed by atoms with Crippen LogP contribution in [0.5, 0.6) is 0 Å². The van der Waals surface area contributed by atoms with Crippen LogP contribution >= 0.6 is 11.6 Å². The van der Waals surface area contributed by atoms with Crippen LogP contribution in [0.15, 0.2) is 54.7 Å². The average molecular weight is 449 g/mol. The van der Waals surface area contributed by atoms with Crippen LogP contribution in [0.4, 0.5) is 16.2 Å². The highest BCUT2D eigenvalue weighted by molar-refractivity contribution is 6.31. The van der Waals surface area contributed by atoms with E-state index < -0.39 is 0 Å². The van der Waals surface area contributed by atoms with Gasteiger partial charge < -0.3 is 19.7 Å². The topological polar surface area (TPSA) is 40.5 Å². The molecular formula is C26H29ClN4O. The lowest BCUT2D eigenvalue weighted by Gasteiger charge is -2.53. The van der Waals surface area contributed by atoms with E-state index in [1.54, 1.807) is 0 Å². The Hall–Kier alpha value is -2.92. The third-order valence-corrected chi connectivity index (χ3v) is 7.45. The Morgan fingerprint density at radius 1 is 1.06 bits per heavy atom. The number of hydrogen-bond acceptors (Lipinski definition) is 2. The Balaban J connectivity index is 1.40. The minimum absolute atomic E-state index is 0.0646. The first kappa shape index (κ1) is 21.0. The van der Waals surface area contributed by atoms with Crippen molar-refractivity contribution in [3.63, 3.8) is 0 Å². The monoisotopic (exact) mass is 448 g/mol. The SMILES string of the molecule is CCN1c2cc(C)ccc2-n2cccc2C12CCN(C(=O)Nc1ccc(C)c(Cl)c1)CC2. The third-order valence-electron chi connectivity index (χ3n) is 7.04. The van der Waals surface area contributed by atoms with Gasteiger partial charge >= 0.3 is 6.03 Å². The summed E-state index contributed by atoms with van der Waals surface area (Å²) < 4.78 is 2.34. The highest BCUT2D eigenvalue weighted by Crippen LogP contribution is 2.48. The lowest BCUT2D eigenvalue weighted by molar-refractivity contribution is 0.161. The van der Waals surface area contributed by atoms with Crippen LogP contribution in [0.25, 0.3) is 5.69 Å². The average Bonchev–Trinajstić information content (AvgIpc) is 3.28. The summed E-state index contributed by atoms with van der Waals surface area (Å²) in [6.07, 6.45) is 3.94. The summed E-state index contributed by atoms with van der Waals surface area (Å²) in [5.41, 5.74) is 6.73. The van der Waals surface area contributed by atoms with Gasteiger partial charge in [0.2, 0.25) is 0 Å². The van der Waals surface area contributed by atoms with E-state index in [9.17, 15) is 4.79 Å². The minimum atomic E-state index is -0.108. The molecule has 3 heterocycles. The van der Waals surface area contributed by atoms with Crippen molar-refractivity contribution in [1.29, 1.82) is 0 Å². The highest BCUT2D eigenvalue weighted by Gasteiger charge is 2.46. The number of fused-ring (bicyclic) bond motifs is 4. The molecule has 1 N–H and O–H groups in total. The standard InChI is InChI=1S/C26H29ClN4O/c1-4-31-23-16-18(2)7-10-22(23)30-13-5-6-24(30)26(31)11-14-29(15-12-26)25(32)28-20-9-8-19(3)21(27)17-20/h5-10,13,16-17H,4,11-12,14-15H2,1-3H3,(H,28,32). The van der Waals surface area contributed by atoms with Gasteiger partial charge in [-0.1, -0.05) is 23.7 Å². The molecule has 0 unspecified atom stereocenters. The van der Waals surface area contributed by atoms with E-state index in [0.29, 0.717) is 18.1 Å². The minimum Gasteiger partial charge on any atom is -0.359 e. The fourth-order valence-corrected chi connectivity index (χ4v) is 5.52. The van der Waals surface area contributed by atoms with Crippen molar-refractivity contribution in [3.8, 4) is 5.69 Å². The lowest BCUT2D eigenvalue weighted by Crippen LogP contribution is -2.57. The van der Waals surface area contributed by atoms with Crippen molar-refractivity contribution in [2.75, 3.05) is 29.9 Å². The molecular weight excluding hydrogens is 420 g/mol. The number of nitrogens with one attached hydrogen (secondary N) is 1. The molecule has 5 rings (SSSR count). The number of anilines is 2. The molecule has 0 aliphatic carbocycles. The van der Waals surface area contributed by atoms with E-state index in [-0.39, 0.29) is 11.6 Å². The largest absolute Gasteiger partial charge is 0.359 e. The fourth-order valence-electron chi connectivity index (χ4n) is 5.34. The van der Waals surface area contributed by atoms with Gasteiger partial charge in [0.05, 0.1) is 16.9 Å². The van der Waals surface area contributed by atoms with Crippen LogP contribution in [0.3, 0.4) is 0 Å². The number of hydrogen-bond donors (Lipinski definition) is 1. The number of rotatable bonds is 2. The Labute approximate surface area is 194 Å². The van der Waals surface area contributed by atoms with Crippen molar-refractivity contribution in [1.82, 2.24) is 9.47 Å². The third kappa shape index (κ3) is 3.27. The number of aromatic nitrogens is 1. The van der Waals surface area contributed by atoms with Gasteiger partial charge in [-0.05, 0) is 81.1 Å². The number of likely N-dealkylation sites (tertiary alicyclic amines) is 1. The summed E-state index contributed by atoms with van der Waals surface area (Å²) in [6, 6.07) is 16.7. The number of nitrogens with zero attached hydrogens (tertiary/aromatic N) is 3. The van der Waals surface area contributed by atoms with Crippen LogP contribution in [0.2, 0.25) is 5.02 Å². The summed E-state index contributed by atoms with van der Waals surface area (Å²) >= 11 is 6.23. The zero-order valence-corrected chi connectivity index (χ0v) is 19.6. The van der Waals surface area contributed by atoms with E-state index in [2.05, 4.69) is 65.2 Å². The molecule has 2 aliphatic rings. The Morgan fingerprint density at radius 2 is 1.84 bits per heavy atom. The number of piperidine rings is 1. The highest BCUT2D eigenvalue weighted by atomic mass is 35.5. The predicted octanol–water partition coefficient (Wildman–Crippen LogP) is 6.11. The summed E-state index contributed by atoms with van der Waals surface area (Å²) in [5.74, 6) is 0. The first-order valence-electron chi connectivity index (χ1n) is 11.3. The van der Waals surface area contributed by atoms with Gasteiger partial charge in [0.25, 0.3) is 0 Å². The molecule has 2 aliphatic heterocycles. The summed E-state index contributed by atoms with van der Waals surface area (Å²) in [4.78, 5) is 17.5. The normalized spacial score (nSPS) is 16.6. The van der Waals surface area contributed by atoms with Crippen molar-refractivity contribution in [2.24, 2.45) is 0 Å². The van der Waals surface area contributed by atoms with Crippen LogP contribution in [-0.4, -0.2) is 35.1 Å². The Kier molecular flexibility index (Phi) is 5.17. The Bertz CT molecular complexity index is 1180. The number of amides is 2. The molecule has 0 radical (unpaired) electrons. The molecule has 2 amide bonds. The molecule has 0 atom stereocenters. The summed E-state index contributed by atoms with van der Waals surface area (Å²) in [6.45, 7) is 8.66. The molecule has 1 aromatic heterocycles. The zero-order chi connectivity index (χ0) is 22.5. The van der Waals surface area contributed by atoms with E-state index >= 15 is 0 Å². The molecule has 5 nitrogen and oxygen atoms in total. The van der Waals surface area contributed by atoms with Gasteiger partial charge in [-0.3, -0.25) is 0 Å². The molecule has 1 saturated heterocycles. The molecule has 0 saturated carbocycles. The van der Waals surface area contributed by atoms with Crippen molar-refractivity contribution in [2.45, 2.75) is 39.2 Å². The van der Waals surface area contributed by atoms with Gasteiger partial charge in [0.15, 0.2) is 0 Å². The maximum Gasteiger partial charge on any atom is 0.321 e. The van der Waals surface area contributed by atoms with Crippen LogP contribution in [-0.2, 0) is 5.54 Å². The van der Waals surface area contributed by atoms with Gasteiger partial charge in [-0.25, -0.2) is 4.79 Å². The fraction of sp³-hybridized carbons (Fsp3) is 0.346. The molecule has 6 heteroatoms. The number of carbonyl (C=O) groups is 1. The molecule has 1 spiro atoms. The van der Waals surface area contributed by atoms with Gasteiger partial charge in [0, 0.05) is 42.2 Å². The quantitative estimate of drug-likeness (QED) is 0.513. The molecule has 166 valence electrons. The first-order valence-corrected chi connectivity index (χ1v) is 11.7. The van der Waals surface area contributed by atoms with Gasteiger partial charge in [-0.15, -0.1) is 0 Å². The molecule has 0 bridgehead atoms. The van der Waals surface area contributed by atoms with Crippen molar-refractivity contribution < 1.29 is 4.79 Å². The van der Waals surface area contributed by atoms with Crippen molar-refractivity contribution >= 4 is 29.0 Å². The smallest absolute Gasteiger partial charge is 0.321 e. The lowest BCUT2D eigenvalue weighted by atomic mass is 9.80. The first-order chi connectivity index (χ1) is 15.4. The number of carbonyl (C=O) groups excluding carboxylic acids is 1. The predicted molar refractivity (Wildman–Crippen MR) is 131 cm³/mol. The number of halogens is 1. The molecule has 2 aromatic carbocycles. The van der Waals surface area contributed by atoms with Crippen LogP contribution in [0.1, 0.15) is 36.6 Å². The van der Waals surface area contributed by atoms with Crippen LogP contribution < -0.4 is 10.2 Å². The number of benzene rings is 2. The van der Waals surface area contributed by atoms with Gasteiger partial charge in [0.1, 0.15) is 0 Å². The zero-order valence-electron chi connectivity index (χ0n) is 18.9. The second-order valence-electron chi connectivity index (χ2n) is 8.91. The molecule has 32 heavy (non-hydrogen) atoms. The molecule has 3 aromatic rings. The summed E-state index contributed by atoms with van der Waals surface area (Å²) in [5, 5.41) is 3.68. The number of urea groups is 1. The maximum atomic E-state index is 13.0. The van der Waals surface area contributed by atoms with Crippen molar-refractivity contribution in [3.05, 3.63) is 76.6 Å². The summed E-state index contributed by atoms with van der Waals surface area (Å²) in [7, 11) is 0. The maximum absolute atomic E-state index is 13.0. The van der Waals surface area contributed by atoms with Crippen LogP contribution in [0, 0.1) is 13.8 Å². The van der Waals surface area contributed by atoms with Gasteiger partial charge in [-0.2, -0.15) is 0 Å². The Morgan fingerprint density at radius 3 is 2.56 bits per heavy atom. The van der Waals surface area contributed by atoms with E-state index in [1.165, 1.54) is 22.6 Å². The van der Waals surface area contributed by atoms with E-state index in [4.69, 9.17) is 11.6 Å². The second kappa shape index (κ2) is 7.89. The van der Waals surface area contributed by atoms with E-state index in [0.717, 1.165) is 30.6 Å². The second-order valence-corrected chi connectivity index (χ2v) is 9.32.